The number of piperidine rings is 1. The van der Waals surface area contributed by atoms with E-state index in [1.807, 2.05) is 12.1 Å². The number of nitrogens with one attached hydrogen (secondary N) is 1. The van der Waals surface area contributed by atoms with Gasteiger partial charge >= 0.3 is 6.09 Å². The molecule has 0 bridgehead atoms. The van der Waals surface area contributed by atoms with Gasteiger partial charge in [0.2, 0.25) is 5.91 Å². The molecule has 3 rings (SSSR count). The van der Waals surface area contributed by atoms with E-state index >= 15 is 0 Å². The molecule has 0 atom stereocenters. The number of anilines is 2. The van der Waals surface area contributed by atoms with Crippen LogP contribution in [0.15, 0.2) is 24.3 Å². The molecule has 2 aliphatic heterocycles. The van der Waals surface area contributed by atoms with Gasteiger partial charge < -0.3 is 19.9 Å². The molecule has 2 saturated heterocycles. The van der Waals surface area contributed by atoms with Crippen molar-refractivity contribution in [3.8, 4) is 0 Å². The molecular weight excluding hydrogens is 306 g/mol. The molecule has 6 nitrogen and oxygen atoms in total. The maximum Gasteiger partial charge on any atom is 0.409 e. The van der Waals surface area contributed by atoms with Gasteiger partial charge in [0.25, 0.3) is 0 Å². The van der Waals surface area contributed by atoms with Crippen molar-refractivity contribution < 1.29 is 14.3 Å². The number of likely N-dealkylation sites (tertiary alicyclic amines) is 1. The first-order chi connectivity index (χ1) is 11.7. The summed E-state index contributed by atoms with van der Waals surface area (Å²) >= 11 is 0. The minimum atomic E-state index is -0.314. The second-order valence-electron chi connectivity index (χ2n) is 6.46. The van der Waals surface area contributed by atoms with Crippen molar-refractivity contribution >= 4 is 23.4 Å². The Labute approximate surface area is 142 Å². The summed E-state index contributed by atoms with van der Waals surface area (Å²) in [6.45, 7) is 3.37. The van der Waals surface area contributed by atoms with E-state index in [4.69, 9.17) is 4.74 Å². The summed E-state index contributed by atoms with van der Waals surface area (Å²) in [7, 11) is 1.38. The average Bonchev–Trinajstić information content (AvgIpc) is 3.16. The lowest BCUT2D eigenvalue weighted by atomic mass is 9.96. The second-order valence-corrected chi connectivity index (χ2v) is 6.46. The van der Waals surface area contributed by atoms with Crippen LogP contribution in [0.2, 0.25) is 0 Å². The van der Waals surface area contributed by atoms with Gasteiger partial charge in [0.15, 0.2) is 0 Å². The normalized spacial score (nSPS) is 18.5. The number of hydrogen-bond donors (Lipinski definition) is 1. The predicted molar refractivity (Wildman–Crippen MR) is 93.2 cm³/mol. The van der Waals surface area contributed by atoms with E-state index < -0.39 is 0 Å². The van der Waals surface area contributed by atoms with Gasteiger partial charge in [-0.1, -0.05) is 0 Å². The quantitative estimate of drug-likeness (QED) is 0.925. The molecule has 0 aliphatic carbocycles. The van der Waals surface area contributed by atoms with Gasteiger partial charge in [-0.2, -0.15) is 0 Å². The van der Waals surface area contributed by atoms with Gasteiger partial charge in [-0.15, -0.1) is 0 Å². The number of rotatable bonds is 3. The highest BCUT2D eigenvalue weighted by Gasteiger charge is 2.27. The molecule has 2 aliphatic rings. The topological polar surface area (TPSA) is 61.9 Å². The van der Waals surface area contributed by atoms with Crippen LogP contribution in [0.1, 0.15) is 25.7 Å². The van der Waals surface area contributed by atoms with E-state index in [-0.39, 0.29) is 17.9 Å². The first-order valence-electron chi connectivity index (χ1n) is 8.66. The molecular formula is C18H25N3O3. The Morgan fingerprint density at radius 2 is 1.67 bits per heavy atom. The molecule has 130 valence electrons. The van der Waals surface area contributed by atoms with Crippen LogP contribution >= 0.6 is 0 Å². The summed E-state index contributed by atoms with van der Waals surface area (Å²) in [5.74, 6) is -0.0161. The Kier molecular flexibility index (Phi) is 5.23. The van der Waals surface area contributed by atoms with Crippen LogP contribution in [0.25, 0.3) is 0 Å². The van der Waals surface area contributed by atoms with E-state index in [1.54, 1.807) is 4.90 Å². The second kappa shape index (κ2) is 7.55. The number of methoxy groups -OCH3 is 1. The zero-order valence-corrected chi connectivity index (χ0v) is 14.2. The van der Waals surface area contributed by atoms with Crippen LogP contribution in [0.3, 0.4) is 0 Å². The van der Waals surface area contributed by atoms with Gasteiger partial charge in [0, 0.05) is 43.5 Å². The molecule has 0 radical (unpaired) electrons. The number of carbonyl (C=O) groups excluding carboxylic acids is 2. The van der Waals surface area contributed by atoms with Crippen molar-refractivity contribution in [3.63, 3.8) is 0 Å². The highest BCUT2D eigenvalue weighted by molar-refractivity contribution is 5.92. The van der Waals surface area contributed by atoms with Gasteiger partial charge in [0.05, 0.1) is 7.11 Å². The Hall–Kier alpha value is -2.24. The summed E-state index contributed by atoms with van der Waals surface area (Å²) in [4.78, 5) is 27.9. The molecule has 1 aromatic carbocycles. The fourth-order valence-electron chi connectivity index (χ4n) is 3.43. The van der Waals surface area contributed by atoms with Gasteiger partial charge in [-0.3, -0.25) is 4.79 Å². The van der Waals surface area contributed by atoms with Crippen molar-refractivity contribution in [2.45, 2.75) is 25.7 Å². The highest BCUT2D eigenvalue weighted by Crippen LogP contribution is 2.24. The molecule has 2 fully saturated rings. The Morgan fingerprint density at radius 1 is 1.04 bits per heavy atom. The summed E-state index contributed by atoms with van der Waals surface area (Å²) in [6.07, 6.45) is 3.54. The predicted octanol–water partition coefficient (Wildman–Crippen LogP) is 2.70. The standard InChI is InChI=1S/C18H25N3O3/c1-24-18(23)21-12-8-14(9-13-21)17(22)19-15-4-6-16(7-5-15)20-10-2-3-11-20/h4-7,14H,2-3,8-13H2,1H3,(H,19,22). The minimum absolute atomic E-state index is 0.0356. The van der Waals surface area contributed by atoms with Crippen LogP contribution < -0.4 is 10.2 Å². The third kappa shape index (κ3) is 3.80. The summed E-state index contributed by atoms with van der Waals surface area (Å²) in [5, 5.41) is 3.00. The molecule has 2 amide bonds. The summed E-state index contributed by atoms with van der Waals surface area (Å²) in [6, 6.07) is 8.08. The Morgan fingerprint density at radius 3 is 2.25 bits per heavy atom. The van der Waals surface area contributed by atoms with Crippen molar-refractivity contribution in [1.82, 2.24) is 4.90 Å². The molecule has 0 saturated carbocycles. The van der Waals surface area contributed by atoms with E-state index in [1.165, 1.54) is 25.6 Å². The average molecular weight is 331 g/mol. The van der Waals surface area contributed by atoms with Crippen LogP contribution in [-0.2, 0) is 9.53 Å². The molecule has 1 aromatic rings. The molecule has 0 aromatic heterocycles. The number of amides is 2. The van der Waals surface area contributed by atoms with Crippen LogP contribution in [0.4, 0.5) is 16.2 Å². The lowest BCUT2D eigenvalue weighted by Crippen LogP contribution is -2.41. The van der Waals surface area contributed by atoms with Gasteiger partial charge in [0.1, 0.15) is 0 Å². The van der Waals surface area contributed by atoms with Crippen molar-refractivity contribution in [2.24, 2.45) is 5.92 Å². The molecule has 24 heavy (non-hydrogen) atoms. The lowest BCUT2D eigenvalue weighted by Gasteiger charge is -2.30. The number of benzene rings is 1. The van der Waals surface area contributed by atoms with Crippen molar-refractivity contribution in [3.05, 3.63) is 24.3 Å². The SMILES string of the molecule is COC(=O)N1CCC(C(=O)Nc2ccc(N3CCCC3)cc2)CC1. The van der Waals surface area contributed by atoms with Crippen LogP contribution in [0.5, 0.6) is 0 Å². The fourth-order valence-corrected chi connectivity index (χ4v) is 3.43. The first kappa shape index (κ1) is 16.6. The van der Waals surface area contributed by atoms with Gasteiger partial charge in [-0.25, -0.2) is 4.79 Å². The number of nitrogens with zero attached hydrogens (tertiary/aromatic N) is 2. The van der Waals surface area contributed by atoms with Crippen LogP contribution in [-0.4, -0.2) is 50.2 Å². The number of ether oxygens (including phenoxy) is 1. The minimum Gasteiger partial charge on any atom is -0.453 e. The Balaban J connectivity index is 1.51. The zero-order chi connectivity index (χ0) is 16.9. The summed E-state index contributed by atoms with van der Waals surface area (Å²) < 4.78 is 4.72. The smallest absolute Gasteiger partial charge is 0.409 e. The molecule has 0 spiro atoms. The molecule has 0 unspecified atom stereocenters. The largest absolute Gasteiger partial charge is 0.453 e. The highest BCUT2D eigenvalue weighted by atomic mass is 16.5. The van der Waals surface area contributed by atoms with Crippen molar-refractivity contribution in [1.29, 1.82) is 0 Å². The number of hydrogen-bond acceptors (Lipinski definition) is 4. The lowest BCUT2D eigenvalue weighted by molar-refractivity contribution is -0.121. The number of carbonyl (C=O) groups is 2. The zero-order valence-electron chi connectivity index (χ0n) is 14.2. The molecule has 1 N–H and O–H groups in total. The Bertz CT molecular complexity index is 574. The fraction of sp³-hybridized carbons (Fsp3) is 0.556. The van der Waals surface area contributed by atoms with E-state index in [2.05, 4.69) is 22.3 Å². The third-order valence-electron chi connectivity index (χ3n) is 4.90. The maximum absolute atomic E-state index is 12.4. The van der Waals surface area contributed by atoms with E-state index in [0.29, 0.717) is 25.9 Å². The van der Waals surface area contributed by atoms with E-state index in [9.17, 15) is 9.59 Å². The first-order valence-corrected chi connectivity index (χ1v) is 8.66. The third-order valence-corrected chi connectivity index (χ3v) is 4.90. The molecule has 2 heterocycles. The maximum atomic E-state index is 12.4. The summed E-state index contributed by atoms with van der Waals surface area (Å²) in [5.41, 5.74) is 2.05. The van der Waals surface area contributed by atoms with E-state index in [0.717, 1.165) is 18.8 Å². The monoisotopic (exact) mass is 331 g/mol. The van der Waals surface area contributed by atoms with Crippen LogP contribution in [0, 0.1) is 5.92 Å². The van der Waals surface area contributed by atoms with Crippen molar-refractivity contribution in [2.75, 3.05) is 43.5 Å². The van der Waals surface area contributed by atoms with Gasteiger partial charge in [-0.05, 0) is 49.9 Å². The molecule has 6 heteroatoms.